The van der Waals surface area contributed by atoms with E-state index in [0.29, 0.717) is 13.0 Å². The van der Waals surface area contributed by atoms with Gasteiger partial charge in [-0.25, -0.2) is 4.98 Å². The van der Waals surface area contributed by atoms with E-state index in [1.54, 1.807) is 23.1 Å². The van der Waals surface area contributed by atoms with Gasteiger partial charge in [-0.1, -0.05) is 29.0 Å². The van der Waals surface area contributed by atoms with E-state index in [4.69, 9.17) is 21.3 Å². The van der Waals surface area contributed by atoms with Crippen LogP contribution in [0.3, 0.4) is 0 Å². The molecule has 1 amide bonds. The minimum Gasteiger partial charge on any atom is -0.379 e. The Balaban J connectivity index is 1.44. The second-order valence-corrected chi connectivity index (χ2v) is 10.9. The Morgan fingerprint density at radius 2 is 1.94 bits per heavy atom. The fraction of sp³-hybridized carbons (Fsp3) is 0.440. The first-order valence-corrected chi connectivity index (χ1v) is 13.5. The topological polar surface area (TPSA) is 45.7 Å². The summed E-state index contributed by atoms with van der Waals surface area (Å²) in [5.74, 6) is 0.857. The third kappa shape index (κ3) is 6.49. The van der Waals surface area contributed by atoms with Crippen LogP contribution < -0.4 is 4.90 Å². The van der Waals surface area contributed by atoms with Crippen molar-refractivity contribution in [1.82, 2.24) is 9.88 Å². The Kier molecular flexibility index (Phi) is 8.66. The van der Waals surface area contributed by atoms with E-state index in [-0.39, 0.29) is 5.91 Å². The quantitative estimate of drug-likeness (QED) is 0.345. The molecule has 0 radical (unpaired) electrons. The van der Waals surface area contributed by atoms with Gasteiger partial charge in [0.25, 0.3) is 0 Å². The van der Waals surface area contributed by atoms with E-state index in [1.807, 2.05) is 29.2 Å². The van der Waals surface area contributed by atoms with Crippen LogP contribution in [0.15, 0.2) is 41.3 Å². The number of ether oxygens (including phenoxy) is 1. The van der Waals surface area contributed by atoms with Gasteiger partial charge in [0.15, 0.2) is 5.13 Å². The molecule has 1 saturated heterocycles. The van der Waals surface area contributed by atoms with Gasteiger partial charge in [-0.3, -0.25) is 14.6 Å². The minimum atomic E-state index is 0.131. The standard InChI is InChI=1S/C25H30ClN3O2S2/c1-18-4-9-22-24(19(18)2)27-25(33-22)29(12-3-11-28-13-15-31-16-14-28)23(30)10-17-32-21-7-5-20(26)6-8-21/h4-9H,3,10-17H2,1-2H3. The number of thiazole rings is 1. The average Bonchev–Trinajstić information content (AvgIpc) is 3.26. The van der Waals surface area contributed by atoms with Crippen molar-refractivity contribution in [1.29, 1.82) is 0 Å². The van der Waals surface area contributed by atoms with Crippen molar-refractivity contribution in [3.05, 3.63) is 52.5 Å². The molecule has 1 aliphatic rings. The van der Waals surface area contributed by atoms with Crippen molar-refractivity contribution < 1.29 is 9.53 Å². The third-order valence-corrected chi connectivity index (χ3v) is 8.27. The fourth-order valence-electron chi connectivity index (χ4n) is 3.86. The molecule has 176 valence electrons. The summed E-state index contributed by atoms with van der Waals surface area (Å²) in [4.78, 5) is 23.7. The molecular formula is C25H30ClN3O2S2. The number of halogens is 1. The maximum absolute atomic E-state index is 13.3. The lowest BCUT2D eigenvalue weighted by Gasteiger charge is -2.27. The molecule has 8 heteroatoms. The van der Waals surface area contributed by atoms with E-state index in [2.05, 4.69) is 30.9 Å². The number of carbonyl (C=O) groups excluding carboxylic acids is 1. The van der Waals surface area contributed by atoms with Crippen LogP contribution in [0.1, 0.15) is 24.0 Å². The molecule has 0 atom stereocenters. The van der Waals surface area contributed by atoms with Gasteiger partial charge < -0.3 is 4.74 Å². The number of nitrogens with zero attached hydrogens (tertiary/aromatic N) is 3. The SMILES string of the molecule is Cc1ccc2sc(N(CCCN3CCOCC3)C(=O)CCSc3ccc(Cl)cc3)nc2c1C. The van der Waals surface area contributed by atoms with Crippen molar-refractivity contribution in [2.45, 2.75) is 31.6 Å². The molecule has 3 aromatic rings. The van der Waals surface area contributed by atoms with Crippen LogP contribution in [0.5, 0.6) is 0 Å². The number of morpholine rings is 1. The summed E-state index contributed by atoms with van der Waals surface area (Å²) in [7, 11) is 0. The van der Waals surface area contributed by atoms with E-state index < -0.39 is 0 Å². The van der Waals surface area contributed by atoms with Crippen molar-refractivity contribution in [3.8, 4) is 0 Å². The van der Waals surface area contributed by atoms with E-state index in [9.17, 15) is 4.79 Å². The van der Waals surface area contributed by atoms with Crippen LogP contribution in [-0.2, 0) is 9.53 Å². The Bertz CT molecular complexity index is 1080. The van der Waals surface area contributed by atoms with E-state index >= 15 is 0 Å². The molecule has 0 bridgehead atoms. The highest BCUT2D eigenvalue weighted by Crippen LogP contribution is 2.32. The van der Waals surface area contributed by atoms with Crippen LogP contribution in [0.2, 0.25) is 5.02 Å². The highest BCUT2D eigenvalue weighted by atomic mass is 35.5. The minimum absolute atomic E-state index is 0.131. The molecular weight excluding hydrogens is 474 g/mol. The molecule has 2 aromatic carbocycles. The number of aromatic nitrogens is 1. The molecule has 2 heterocycles. The second-order valence-electron chi connectivity index (χ2n) is 8.26. The first-order valence-electron chi connectivity index (χ1n) is 11.4. The van der Waals surface area contributed by atoms with Gasteiger partial charge in [-0.15, -0.1) is 11.8 Å². The van der Waals surface area contributed by atoms with Gasteiger partial charge in [0.05, 0.1) is 23.4 Å². The number of benzene rings is 2. The molecule has 0 spiro atoms. The van der Waals surface area contributed by atoms with Crippen molar-refractivity contribution in [2.24, 2.45) is 0 Å². The number of aryl methyl sites for hydroxylation is 2. The van der Waals surface area contributed by atoms with E-state index in [1.165, 1.54) is 11.1 Å². The number of thioether (sulfide) groups is 1. The second kappa shape index (κ2) is 11.7. The van der Waals surface area contributed by atoms with Crippen LogP contribution in [0.4, 0.5) is 5.13 Å². The molecule has 0 saturated carbocycles. The first-order chi connectivity index (χ1) is 16.0. The lowest BCUT2D eigenvalue weighted by molar-refractivity contribution is -0.118. The Labute approximate surface area is 209 Å². The number of fused-ring (bicyclic) bond motifs is 1. The largest absolute Gasteiger partial charge is 0.379 e. The summed E-state index contributed by atoms with van der Waals surface area (Å²) in [5, 5.41) is 1.53. The number of amides is 1. The zero-order valence-corrected chi connectivity index (χ0v) is 21.6. The molecule has 0 unspecified atom stereocenters. The highest BCUT2D eigenvalue weighted by Gasteiger charge is 2.21. The predicted octanol–water partition coefficient (Wildman–Crippen LogP) is 5.80. The summed E-state index contributed by atoms with van der Waals surface area (Å²) in [6, 6.07) is 12.0. The molecule has 33 heavy (non-hydrogen) atoms. The Morgan fingerprint density at radius 3 is 2.70 bits per heavy atom. The van der Waals surface area contributed by atoms with Crippen LogP contribution >= 0.6 is 34.7 Å². The summed E-state index contributed by atoms with van der Waals surface area (Å²) in [6.07, 6.45) is 1.39. The lowest BCUT2D eigenvalue weighted by atomic mass is 10.1. The van der Waals surface area contributed by atoms with Gasteiger partial charge in [0, 0.05) is 48.3 Å². The van der Waals surface area contributed by atoms with Crippen molar-refractivity contribution >= 4 is 56.0 Å². The molecule has 1 aliphatic heterocycles. The number of anilines is 1. The van der Waals surface area contributed by atoms with Gasteiger partial charge in [-0.05, 0) is 61.7 Å². The summed E-state index contributed by atoms with van der Waals surface area (Å²) in [5.41, 5.74) is 3.43. The molecule has 1 aromatic heterocycles. The van der Waals surface area contributed by atoms with Crippen LogP contribution in [0, 0.1) is 13.8 Å². The van der Waals surface area contributed by atoms with Gasteiger partial charge >= 0.3 is 0 Å². The van der Waals surface area contributed by atoms with E-state index in [0.717, 1.165) is 70.3 Å². The fourth-order valence-corrected chi connectivity index (χ4v) is 5.89. The number of carbonyl (C=O) groups is 1. The maximum atomic E-state index is 13.3. The van der Waals surface area contributed by atoms with Crippen molar-refractivity contribution in [3.63, 3.8) is 0 Å². The van der Waals surface area contributed by atoms with Gasteiger partial charge in [0.1, 0.15) is 0 Å². The lowest BCUT2D eigenvalue weighted by Crippen LogP contribution is -2.39. The average molecular weight is 504 g/mol. The zero-order valence-electron chi connectivity index (χ0n) is 19.2. The maximum Gasteiger partial charge on any atom is 0.229 e. The summed E-state index contributed by atoms with van der Waals surface area (Å²) < 4.78 is 6.59. The van der Waals surface area contributed by atoms with Crippen molar-refractivity contribution in [2.75, 3.05) is 50.0 Å². The monoisotopic (exact) mass is 503 g/mol. The van der Waals surface area contributed by atoms with Gasteiger partial charge in [0.2, 0.25) is 5.91 Å². The number of hydrogen-bond donors (Lipinski definition) is 0. The highest BCUT2D eigenvalue weighted by molar-refractivity contribution is 7.99. The van der Waals surface area contributed by atoms with Gasteiger partial charge in [-0.2, -0.15) is 0 Å². The smallest absolute Gasteiger partial charge is 0.229 e. The molecule has 0 aliphatic carbocycles. The number of hydrogen-bond acceptors (Lipinski definition) is 6. The Hall–Kier alpha value is -1.64. The summed E-state index contributed by atoms with van der Waals surface area (Å²) in [6.45, 7) is 9.37. The third-order valence-electron chi connectivity index (χ3n) is 5.96. The zero-order chi connectivity index (χ0) is 23.2. The Morgan fingerprint density at radius 1 is 1.18 bits per heavy atom. The number of rotatable bonds is 9. The molecule has 0 N–H and O–H groups in total. The predicted molar refractivity (Wildman–Crippen MR) is 140 cm³/mol. The van der Waals surface area contributed by atoms with Crippen LogP contribution in [0.25, 0.3) is 10.2 Å². The molecule has 5 nitrogen and oxygen atoms in total. The summed E-state index contributed by atoms with van der Waals surface area (Å²) >= 11 is 9.27. The molecule has 4 rings (SSSR count). The van der Waals surface area contributed by atoms with Crippen LogP contribution in [-0.4, -0.2) is 60.9 Å². The normalized spacial score (nSPS) is 14.6. The molecule has 1 fully saturated rings. The first kappa shape index (κ1) is 24.5.